The van der Waals surface area contributed by atoms with E-state index in [4.69, 9.17) is 15.9 Å². The summed E-state index contributed by atoms with van der Waals surface area (Å²) in [7, 11) is 0. The molecule has 5 heteroatoms. The van der Waals surface area contributed by atoms with Gasteiger partial charge in [0.15, 0.2) is 6.10 Å². The maximum atomic E-state index is 7.59. The number of hydrogen-bond acceptors (Lipinski definition) is 3. The molecule has 0 bridgehead atoms. The molecule has 0 fully saturated rings. The van der Waals surface area contributed by atoms with Crippen LogP contribution in [-0.2, 0) is 0 Å². The minimum absolute atomic E-state index is 0.0955. The van der Waals surface area contributed by atoms with Crippen LogP contribution < -0.4 is 10.5 Å². The number of rotatable bonds is 5. The average molecular weight is 347 g/mol. The zero-order valence-electron chi connectivity index (χ0n) is 13.4. The molecule has 4 aromatic rings. The van der Waals surface area contributed by atoms with E-state index in [0.717, 1.165) is 31.8 Å². The van der Waals surface area contributed by atoms with Gasteiger partial charge in [-0.1, -0.05) is 30.3 Å². The van der Waals surface area contributed by atoms with Crippen molar-refractivity contribution in [2.45, 2.75) is 6.10 Å². The number of H-pyrrole nitrogens is 1. The zero-order valence-corrected chi connectivity index (χ0v) is 14.2. The first kappa shape index (κ1) is 15.5. The highest BCUT2D eigenvalue weighted by Gasteiger charge is 2.17. The van der Waals surface area contributed by atoms with Crippen molar-refractivity contribution in [3.05, 3.63) is 89.1 Å². The summed E-state index contributed by atoms with van der Waals surface area (Å²) in [6, 6.07) is 20.1. The summed E-state index contributed by atoms with van der Waals surface area (Å²) in [5, 5.41) is 8.66. The Morgan fingerprint density at radius 1 is 1.04 bits per heavy atom. The Morgan fingerprint density at radius 2 is 1.88 bits per heavy atom. The molecule has 2 aromatic heterocycles. The van der Waals surface area contributed by atoms with Crippen molar-refractivity contribution >= 4 is 27.3 Å². The van der Waals surface area contributed by atoms with Gasteiger partial charge >= 0.3 is 0 Å². The Bertz CT molecular complexity index is 1010. The molecule has 2 heterocycles. The van der Waals surface area contributed by atoms with E-state index in [9.17, 15) is 0 Å². The molecule has 4 nitrogen and oxygen atoms in total. The Hall–Kier alpha value is -3.05. The fraction of sp³-hybridized carbons (Fsp3) is 0.0500. The third-order valence-corrected chi connectivity index (χ3v) is 5.17. The molecule has 0 saturated carbocycles. The van der Waals surface area contributed by atoms with Gasteiger partial charge in [0.2, 0.25) is 0 Å². The first-order valence-electron chi connectivity index (χ1n) is 7.93. The SMILES string of the molecule is N=C(N)c1cc2ccc(OC(c3ccccc3)c3cc[nH]c3)cc2s1. The summed E-state index contributed by atoms with van der Waals surface area (Å²) >= 11 is 1.50. The molecule has 2 aromatic carbocycles. The Labute approximate surface area is 149 Å². The highest BCUT2D eigenvalue weighted by atomic mass is 32.1. The molecule has 0 amide bonds. The summed E-state index contributed by atoms with van der Waals surface area (Å²) in [5.74, 6) is 0.887. The van der Waals surface area contributed by atoms with Crippen LogP contribution in [0.3, 0.4) is 0 Å². The topological polar surface area (TPSA) is 74.9 Å². The molecule has 124 valence electrons. The van der Waals surface area contributed by atoms with Crippen LogP contribution >= 0.6 is 11.3 Å². The van der Waals surface area contributed by atoms with E-state index >= 15 is 0 Å². The van der Waals surface area contributed by atoms with Crippen molar-refractivity contribution in [3.63, 3.8) is 0 Å². The van der Waals surface area contributed by atoms with E-state index in [-0.39, 0.29) is 11.9 Å². The van der Waals surface area contributed by atoms with Gasteiger partial charge in [-0.15, -0.1) is 11.3 Å². The van der Waals surface area contributed by atoms with Gasteiger partial charge in [-0.2, -0.15) is 0 Å². The lowest BCUT2D eigenvalue weighted by atomic mass is 10.0. The second-order valence-corrected chi connectivity index (χ2v) is 6.86. The molecule has 1 atom stereocenters. The lowest BCUT2D eigenvalue weighted by Gasteiger charge is -2.19. The van der Waals surface area contributed by atoms with Gasteiger partial charge in [-0.3, -0.25) is 5.41 Å². The number of ether oxygens (including phenoxy) is 1. The van der Waals surface area contributed by atoms with Gasteiger partial charge in [0.05, 0.1) is 4.88 Å². The third kappa shape index (κ3) is 3.14. The molecular formula is C20H17N3OS. The second-order valence-electron chi connectivity index (χ2n) is 5.78. The molecule has 0 radical (unpaired) electrons. The molecule has 0 spiro atoms. The molecule has 0 aliphatic rings. The van der Waals surface area contributed by atoms with Crippen LogP contribution in [0.15, 0.2) is 73.1 Å². The third-order valence-electron chi connectivity index (χ3n) is 4.04. The standard InChI is InChI=1S/C20H17N3OS/c21-20(22)18-10-14-6-7-16(11-17(14)25-18)24-19(15-8-9-23-12-15)13-4-2-1-3-5-13/h1-12,19,23H,(H3,21,22). The Kier molecular flexibility index (Phi) is 3.99. The summed E-state index contributed by atoms with van der Waals surface area (Å²) in [4.78, 5) is 3.87. The number of nitrogens with one attached hydrogen (secondary N) is 2. The van der Waals surface area contributed by atoms with Crippen molar-refractivity contribution in [2.75, 3.05) is 0 Å². The first-order chi connectivity index (χ1) is 12.2. The van der Waals surface area contributed by atoms with Crippen molar-refractivity contribution in [3.8, 4) is 5.75 Å². The molecule has 4 rings (SSSR count). The van der Waals surface area contributed by atoms with Crippen molar-refractivity contribution in [1.82, 2.24) is 4.98 Å². The minimum Gasteiger partial charge on any atom is -0.481 e. The van der Waals surface area contributed by atoms with E-state index in [1.54, 1.807) is 0 Å². The van der Waals surface area contributed by atoms with Crippen LogP contribution in [0.5, 0.6) is 5.75 Å². The number of nitrogen functional groups attached to an aromatic ring is 1. The van der Waals surface area contributed by atoms with Crippen LogP contribution in [-0.4, -0.2) is 10.8 Å². The summed E-state index contributed by atoms with van der Waals surface area (Å²) in [6.07, 6.45) is 3.67. The number of amidine groups is 1. The maximum Gasteiger partial charge on any atom is 0.150 e. The minimum atomic E-state index is -0.183. The van der Waals surface area contributed by atoms with Crippen molar-refractivity contribution < 1.29 is 4.74 Å². The van der Waals surface area contributed by atoms with Crippen molar-refractivity contribution in [2.24, 2.45) is 5.73 Å². The molecule has 0 saturated heterocycles. The summed E-state index contributed by atoms with van der Waals surface area (Å²) in [6.45, 7) is 0. The highest BCUT2D eigenvalue weighted by molar-refractivity contribution is 7.20. The maximum absolute atomic E-state index is 7.59. The lowest BCUT2D eigenvalue weighted by Crippen LogP contribution is -2.08. The van der Waals surface area contributed by atoms with E-state index in [1.165, 1.54) is 11.3 Å². The number of hydrogen-bond donors (Lipinski definition) is 3. The van der Waals surface area contributed by atoms with Gasteiger partial charge in [0.1, 0.15) is 11.6 Å². The number of aromatic nitrogens is 1. The fourth-order valence-corrected chi connectivity index (χ4v) is 3.76. The molecule has 0 aliphatic carbocycles. The normalized spacial score (nSPS) is 12.2. The summed E-state index contributed by atoms with van der Waals surface area (Å²) in [5.41, 5.74) is 7.76. The second kappa shape index (κ2) is 6.45. The smallest absolute Gasteiger partial charge is 0.150 e. The number of fused-ring (bicyclic) bond motifs is 1. The number of thiophene rings is 1. The van der Waals surface area contributed by atoms with E-state index in [2.05, 4.69) is 17.1 Å². The van der Waals surface area contributed by atoms with Crippen LogP contribution in [0.1, 0.15) is 22.1 Å². The fourth-order valence-electron chi connectivity index (χ4n) is 2.81. The zero-order chi connectivity index (χ0) is 17.2. The molecule has 25 heavy (non-hydrogen) atoms. The lowest BCUT2D eigenvalue weighted by molar-refractivity contribution is 0.248. The predicted molar refractivity (Wildman–Crippen MR) is 103 cm³/mol. The molecule has 4 N–H and O–H groups in total. The quantitative estimate of drug-likeness (QED) is 0.362. The molecule has 1 unspecified atom stereocenters. The van der Waals surface area contributed by atoms with Crippen LogP contribution in [0.2, 0.25) is 0 Å². The monoisotopic (exact) mass is 347 g/mol. The predicted octanol–water partition coefficient (Wildman–Crippen LogP) is 4.68. The average Bonchev–Trinajstić information content (AvgIpc) is 3.29. The first-order valence-corrected chi connectivity index (χ1v) is 8.74. The van der Waals surface area contributed by atoms with Gasteiger partial charge in [0.25, 0.3) is 0 Å². The van der Waals surface area contributed by atoms with Crippen LogP contribution in [0.25, 0.3) is 10.1 Å². The van der Waals surface area contributed by atoms with Crippen molar-refractivity contribution in [1.29, 1.82) is 5.41 Å². The highest BCUT2D eigenvalue weighted by Crippen LogP contribution is 2.33. The largest absolute Gasteiger partial charge is 0.481 e. The van der Waals surface area contributed by atoms with Crippen LogP contribution in [0, 0.1) is 5.41 Å². The van der Waals surface area contributed by atoms with Gasteiger partial charge in [0, 0.05) is 22.7 Å². The molecular weight excluding hydrogens is 330 g/mol. The number of aromatic amines is 1. The Morgan fingerprint density at radius 3 is 2.60 bits per heavy atom. The summed E-state index contributed by atoms with van der Waals surface area (Å²) < 4.78 is 7.38. The van der Waals surface area contributed by atoms with E-state index in [1.807, 2.05) is 60.9 Å². The van der Waals surface area contributed by atoms with E-state index < -0.39 is 0 Å². The van der Waals surface area contributed by atoms with Crippen LogP contribution in [0.4, 0.5) is 0 Å². The van der Waals surface area contributed by atoms with Gasteiger partial charge in [-0.05, 0) is 41.3 Å². The Balaban J connectivity index is 1.70. The molecule has 0 aliphatic heterocycles. The number of benzene rings is 2. The van der Waals surface area contributed by atoms with E-state index in [0.29, 0.717) is 0 Å². The van der Waals surface area contributed by atoms with Gasteiger partial charge < -0.3 is 15.5 Å². The van der Waals surface area contributed by atoms with Gasteiger partial charge in [-0.25, -0.2) is 0 Å². The number of nitrogens with two attached hydrogens (primary N) is 1.